The molecule has 1 aliphatic rings. The molecule has 0 radical (unpaired) electrons. The summed E-state index contributed by atoms with van der Waals surface area (Å²) in [6.45, 7) is 2.83. The van der Waals surface area contributed by atoms with Crippen LogP contribution in [0, 0.1) is 0 Å². The third-order valence-corrected chi connectivity index (χ3v) is 5.18. The van der Waals surface area contributed by atoms with Crippen molar-refractivity contribution >= 4 is 16.9 Å². The zero-order chi connectivity index (χ0) is 12.5. The maximum absolute atomic E-state index is 11.9. The predicted molar refractivity (Wildman–Crippen MR) is 65.2 cm³/mol. The van der Waals surface area contributed by atoms with Gasteiger partial charge in [0, 0.05) is 32.0 Å². The van der Waals surface area contributed by atoms with E-state index in [0.717, 1.165) is 0 Å². The molecular weight excluding hydrogens is 241 g/mol. The minimum absolute atomic E-state index is 0.108. The summed E-state index contributed by atoms with van der Waals surface area (Å²) in [5.74, 6) is 0.108. The van der Waals surface area contributed by atoms with Gasteiger partial charge in [0.25, 0.3) is 0 Å². The van der Waals surface area contributed by atoms with Crippen LogP contribution in [-0.4, -0.2) is 58.9 Å². The van der Waals surface area contributed by atoms with E-state index in [1.807, 2.05) is 0 Å². The summed E-state index contributed by atoms with van der Waals surface area (Å²) in [6.07, 6.45) is 4.98. The van der Waals surface area contributed by atoms with Gasteiger partial charge in [-0.15, -0.1) is 0 Å². The molecule has 8 heteroatoms. The lowest BCUT2D eigenvalue weighted by Crippen LogP contribution is -2.53. The van der Waals surface area contributed by atoms with E-state index in [1.54, 1.807) is 34.9 Å². The Labute approximate surface area is 101 Å². The molecule has 17 heavy (non-hydrogen) atoms. The molecule has 0 bridgehead atoms. The Morgan fingerprint density at radius 2 is 2.35 bits per heavy atom. The largest absolute Gasteiger partial charge is 0.437 e. The predicted octanol–water partition coefficient (Wildman–Crippen LogP) is -0.908. The molecule has 94 valence electrons. The van der Waals surface area contributed by atoms with E-state index < -0.39 is 22.1 Å². The lowest BCUT2D eigenvalue weighted by Gasteiger charge is -2.33. The Morgan fingerprint density at radius 3 is 2.94 bits per heavy atom. The van der Waals surface area contributed by atoms with Gasteiger partial charge in [-0.05, 0) is 6.82 Å². The second kappa shape index (κ2) is 4.79. The van der Waals surface area contributed by atoms with Crippen LogP contribution in [0.5, 0.6) is 0 Å². The summed E-state index contributed by atoms with van der Waals surface area (Å²) < 4.78 is 25.6. The van der Waals surface area contributed by atoms with Gasteiger partial charge < -0.3 is 14.4 Å². The highest BCUT2D eigenvalue weighted by molar-refractivity contribution is 7.92. The van der Waals surface area contributed by atoms with Crippen LogP contribution in [0.15, 0.2) is 18.7 Å². The number of hydrogen-bond acceptors (Lipinski definition) is 5. The van der Waals surface area contributed by atoms with E-state index in [-0.39, 0.29) is 5.75 Å². The minimum Gasteiger partial charge on any atom is -0.437 e. The SMILES string of the molecule is CB(O)N1CCS(=O)(=O)[C@@H](Cn2ccnc2)C1. The van der Waals surface area contributed by atoms with Crippen LogP contribution in [-0.2, 0) is 16.4 Å². The molecule has 0 aliphatic carbocycles. The fourth-order valence-electron chi connectivity index (χ4n) is 2.02. The van der Waals surface area contributed by atoms with E-state index in [0.29, 0.717) is 19.6 Å². The maximum atomic E-state index is 11.9. The van der Waals surface area contributed by atoms with E-state index in [9.17, 15) is 13.4 Å². The summed E-state index contributed by atoms with van der Waals surface area (Å²) in [4.78, 5) is 5.68. The first-order chi connectivity index (χ1) is 7.99. The Bertz CT molecular complexity index is 460. The first-order valence-electron chi connectivity index (χ1n) is 5.58. The fraction of sp³-hybridized carbons (Fsp3) is 0.667. The topological polar surface area (TPSA) is 75.4 Å². The number of imidazole rings is 1. The molecule has 1 aromatic heterocycles. The van der Waals surface area contributed by atoms with Crippen molar-refractivity contribution < 1.29 is 13.4 Å². The van der Waals surface area contributed by atoms with Crippen molar-refractivity contribution in [3.8, 4) is 0 Å². The monoisotopic (exact) mass is 257 g/mol. The number of aromatic nitrogens is 2. The summed E-state index contributed by atoms with van der Waals surface area (Å²) >= 11 is 0. The van der Waals surface area contributed by atoms with Crippen molar-refractivity contribution in [2.45, 2.75) is 18.6 Å². The van der Waals surface area contributed by atoms with Gasteiger partial charge in [-0.3, -0.25) is 0 Å². The molecule has 1 aliphatic heterocycles. The first-order valence-corrected chi connectivity index (χ1v) is 7.30. The van der Waals surface area contributed by atoms with Crippen molar-refractivity contribution in [3.05, 3.63) is 18.7 Å². The zero-order valence-corrected chi connectivity index (χ0v) is 10.5. The van der Waals surface area contributed by atoms with Gasteiger partial charge >= 0.3 is 7.05 Å². The molecule has 1 fully saturated rings. The molecule has 1 saturated heterocycles. The van der Waals surface area contributed by atoms with E-state index >= 15 is 0 Å². The zero-order valence-electron chi connectivity index (χ0n) is 9.73. The summed E-state index contributed by atoms with van der Waals surface area (Å²) in [6, 6.07) is 0. The van der Waals surface area contributed by atoms with Crippen LogP contribution in [0.2, 0.25) is 6.82 Å². The van der Waals surface area contributed by atoms with Crippen molar-refractivity contribution in [1.82, 2.24) is 14.4 Å². The lowest BCUT2D eigenvalue weighted by molar-refractivity contribution is 0.350. The number of sulfone groups is 1. The average molecular weight is 257 g/mol. The van der Waals surface area contributed by atoms with Gasteiger partial charge in [0.15, 0.2) is 9.84 Å². The van der Waals surface area contributed by atoms with Crippen molar-refractivity contribution in [2.75, 3.05) is 18.8 Å². The average Bonchev–Trinajstić information content (AvgIpc) is 2.73. The van der Waals surface area contributed by atoms with Gasteiger partial charge in [0.1, 0.15) is 0 Å². The molecule has 0 spiro atoms. The van der Waals surface area contributed by atoms with Gasteiger partial charge in [0.2, 0.25) is 0 Å². The van der Waals surface area contributed by atoms with Crippen LogP contribution in [0.1, 0.15) is 0 Å². The Kier molecular flexibility index (Phi) is 3.55. The number of hydrogen-bond donors (Lipinski definition) is 1. The van der Waals surface area contributed by atoms with E-state index in [2.05, 4.69) is 4.98 Å². The highest BCUT2D eigenvalue weighted by Gasteiger charge is 2.35. The van der Waals surface area contributed by atoms with Crippen molar-refractivity contribution in [2.24, 2.45) is 0 Å². The van der Waals surface area contributed by atoms with Crippen LogP contribution in [0.25, 0.3) is 0 Å². The standard InChI is InChI=1S/C9H16BN3O3S/c1-10(14)13-4-5-17(15,16)9(7-13)6-12-3-2-11-8-12/h2-3,8-9,14H,4-7H2,1H3/t9-/m0/s1. The van der Waals surface area contributed by atoms with Crippen LogP contribution in [0.4, 0.5) is 0 Å². The molecule has 2 rings (SSSR count). The molecule has 6 nitrogen and oxygen atoms in total. The molecule has 2 heterocycles. The normalized spacial score (nSPS) is 24.7. The summed E-state index contributed by atoms with van der Waals surface area (Å²) in [5, 5.41) is 9.03. The Morgan fingerprint density at radius 1 is 1.59 bits per heavy atom. The van der Waals surface area contributed by atoms with E-state index in [4.69, 9.17) is 0 Å². The fourth-order valence-corrected chi connectivity index (χ4v) is 3.66. The Balaban J connectivity index is 2.11. The third-order valence-electron chi connectivity index (χ3n) is 3.11. The Hall–Kier alpha value is -0.855. The molecule has 0 amide bonds. The molecule has 1 atom stereocenters. The second-order valence-corrected chi connectivity index (χ2v) is 6.78. The molecule has 1 aromatic rings. The van der Waals surface area contributed by atoms with Crippen LogP contribution < -0.4 is 0 Å². The molecule has 0 unspecified atom stereocenters. The van der Waals surface area contributed by atoms with Gasteiger partial charge in [-0.2, -0.15) is 0 Å². The second-order valence-electron chi connectivity index (χ2n) is 4.38. The van der Waals surface area contributed by atoms with Crippen LogP contribution >= 0.6 is 0 Å². The third kappa shape index (κ3) is 2.88. The van der Waals surface area contributed by atoms with Gasteiger partial charge in [-0.1, -0.05) is 0 Å². The summed E-state index contributed by atoms with van der Waals surface area (Å²) in [7, 11) is -3.67. The number of nitrogens with zero attached hydrogens (tertiary/aromatic N) is 3. The van der Waals surface area contributed by atoms with Gasteiger partial charge in [0.05, 0.1) is 17.3 Å². The number of rotatable bonds is 3. The molecular formula is C9H16BN3O3S. The van der Waals surface area contributed by atoms with Crippen molar-refractivity contribution in [3.63, 3.8) is 0 Å². The first kappa shape index (κ1) is 12.6. The molecule has 0 saturated carbocycles. The minimum atomic E-state index is -3.07. The van der Waals surface area contributed by atoms with E-state index in [1.165, 1.54) is 0 Å². The maximum Gasteiger partial charge on any atom is 0.376 e. The van der Waals surface area contributed by atoms with Gasteiger partial charge in [-0.25, -0.2) is 13.4 Å². The van der Waals surface area contributed by atoms with Crippen LogP contribution in [0.3, 0.4) is 0 Å². The summed E-state index contributed by atoms with van der Waals surface area (Å²) in [5.41, 5.74) is 0. The lowest BCUT2D eigenvalue weighted by atomic mass is 9.85. The molecule has 1 N–H and O–H groups in total. The highest BCUT2D eigenvalue weighted by atomic mass is 32.2. The molecule has 0 aromatic carbocycles. The smallest absolute Gasteiger partial charge is 0.376 e. The quantitative estimate of drug-likeness (QED) is 0.710. The highest BCUT2D eigenvalue weighted by Crippen LogP contribution is 2.15. The van der Waals surface area contributed by atoms with Crippen molar-refractivity contribution in [1.29, 1.82) is 0 Å².